The molecular weight excluding hydrogens is 487 g/mol. The van der Waals surface area contributed by atoms with Gasteiger partial charge in [0.05, 0.1) is 16.5 Å². The van der Waals surface area contributed by atoms with Crippen LogP contribution in [0.1, 0.15) is 62.1 Å². The predicted octanol–water partition coefficient (Wildman–Crippen LogP) is 5.97. The number of piperidine rings is 1. The first-order chi connectivity index (χ1) is 17.8. The van der Waals surface area contributed by atoms with Gasteiger partial charge in [-0.05, 0) is 74.0 Å². The van der Waals surface area contributed by atoms with Gasteiger partial charge in [-0.25, -0.2) is 19.3 Å². The molecule has 0 radical (unpaired) electrons. The van der Waals surface area contributed by atoms with Crippen LogP contribution in [-0.2, 0) is 7.05 Å². The lowest BCUT2D eigenvalue weighted by Gasteiger charge is -2.31. The van der Waals surface area contributed by atoms with E-state index in [-0.39, 0.29) is 23.1 Å². The van der Waals surface area contributed by atoms with Gasteiger partial charge in [0.15, 0.2) is 5.82 Å². The highest BCUT2D eigenvalue weighted by molar-refractivity contribution is 7.22. The number of nitrogens with one attached hydrogen (secondary N) is 1. The Hall–Kier alpha value is -3.17. The van der Waals surface area contributed by atoms with Gasteiger partial charge in [0, 0.05) is 24.1 Å². The van der Waals surface area contributed by atoms with Crippen LogP contribution in [0, 0.1) is 12.7 Å². The maximum Gasteiger partial charge on any atom is 0.259 e. The Bertz CT molecular complexity index is 1490. The van der Waals surface area contributed by atoms with E-state index in [1.807, 2.05) is 25.4 Å². The molecule has 0 spiro atoms. The van der Waals surface area contributed by atoms with Gasteiger partial charge in [0.2, 0.25) is 5.95 Å². The van der Waals surface area contributed by atoms with Gasteiger partial charge in [-0.3, -0.25) is 4.79 Å². The number of anilines is 2. The molecule has 5 heterocycles. The standard InChI is InChI=1S/C28H33FN6OS/c1-6-35-11-9-18(10-12-35)19-7-8-22(30-13-19)32-28-31-14-21(29)24(33-28)25-17(4)23-26(37-25)20(16(2)3)15-34(5)27(23)36/h7-8,13-16,18H,6,9-12H2,1-5H3,(H,30,31,32,33). The van der Waals surface area contributed by atoms with Crippen LogP contribution < -0.4 is 10.9 Å². The van der Waals surface area contributed by atoms with Crippen LogP contribution in [0.25, 0.3) is 20.7 Å². The van der Waals surface area contributed by atoms with Crippen molar-refractivity contribution in [1.29, 1.82) is 0 Å². The van der Waals surface area contributed by atoms with Crippen molar-refractivity contribution >= 4 is 33.2 Å². The molecule has 0 amide bonds. The molecule has 7 nitrogen and oxygen atoms in total. The second-order valence-electron chi connectivity index (χ2n) is 10.1. The van der Waals surface area contributed by atoms with Crippen molar-refractivity contribution < 1.29 is 4.39 Å². The SMILES string of the molecule is CCN1CCC(c2ccc(Nc3ncc(F)c(-c4sc5c(C(C)C)cn(C)c(=O)c5c4C)n3)nc2)CC1. The predicted molar refractivity (Wildman–Crippen MR) is 148 cm³/mol. The van der Waals surface area contributed by atoms with E-state index in [0.717, 1.165) is 48.3 Å². The fourth-order valence-corrected chi connectivity index (χ4v) is 6.57. The molecule has 4 aromatic heterocycles. The lowest BCUT2D eigenvalue weighted by molar-refractivity contribution is 0.222. The zero-order valence-corrected chi connectivity index (χ0v) is 22.8. The third kappa shape index (κ3) is 4.90. The van der Waals surface area contributed by atoms with Crippen LogP contribution in [-0.4, -0.2) is 44.1 Å². The molecule has 0 bridgehead atoms. The minimum atomic E-state index is -0.523. The van der Waals surface area contributed by atoms with E-state index in [1.165, 1.54) is 23.1 Å². The van der Waals surface area contributed by atoms with Crippen LogP contribution in [0.5, 0.6) is 0 Å². The number of likely N-dealkylation sites (tertiary alicyclic amines) is 1. The Kier molecular flexibility index (Phi) is 7.09. The molecule has 1 N–H and O–H groups in total. The number of halogens is 1. The Morgan fingerprint density at radius 3 is 2.59 bits per heavy atom. The van der Waals surface area contributed by atoms with Gasteiger partial charge >= 0.3 is 0 Å². The first kappa shape index (κ1) is 25.5. The summed E-state index contributed by atoms with van der Waals surface area (Å²) in [7, 11) is 1.75. The molecule has 0 unspecified atom stereocenters. The average Bonchev–Trinajstić information content (AvgIpc) is 3.24. The van der Waals surface area contributed by atoms with Gasteiger partial charge in [-0.2, -0.15) is 0 Å². The normalized spacial score (nSPS) is 15.1. The second-order valence-corrected chi connectivity index (χ2v) is 11.1. The van der Waals surface area contributed by atoms with E-state index < -0.39 is 5.82 Å². The molecule has 0 aromatic carbocycles. The number of rotatable bonds is 6. The van der Waals surface area contributed by atoms with Crippen molar-refractivity contribution in [1.82, 2.24) is 24.4 Å². The maximum absolute atomic E-state index is 15.0. The Morgan fingerprint density at radius 2 is 1.95 bits per heavy atom. The molecule has 37 heavy (non-hydrogen) atoms. The summed E-state index contributed by atoms with van der Waals surface area (Å²) >= 11 is 1.41. The van der Waals surface area contributed by atoms with Gasteiger partial charge in [-0.15, -0.1) is 11.3 Å². The highest BCUT2D eigenvalue weighted by Crippen LogP contribution is 2.40. The molecule has 1 saturated heterocycles. The van der Waals surface area contributed by atoms with E-state index in [0.29, 0.717) is 22.0 Å². The Morgan fingerprint density at radius 1 is 1.19 bits per heavy atom. The summed E-state index contributed by atoms with van der Waals surface area (Å²) in [5.74, 6) is 1.10. The van der Waals surface area contributed by atoms with Crippen LogP contribution >= 0.6 is 11.3 Å². The highest BCUT2D eigenvalue weighted by Gasteiger charge is 2.23. The quantitative estimate of drug-likeness (QED) is 0.338. The summed E-state index contributed by atoms with van der Waals surface area (Å²) in [6.45, 7) is 11.6. The van der Waals surface area contributed by atoms with E-state index in [1.54, 1.807) is 11.6 Å². The third-order valence-corrected chi connectivity index (χ3v) is 8.74. The zero-order valence-electron chi connectivity index (χ0n) is 22.0. The third-order valence-electron chi connectivity index (χ3n) is 7.39. The number of aryl methyl sites for hydroxylation is 2. The van der Waals surface area contributed by atoms with Gasteiger partial charge < -0.3 is 14.8 Å². The van der Waals surface area contributed by atoms with Gasteiger partial charge in [0.25, 0.3) is 5.56 Å². The second kappa shape index (κ2) is 10.3. The van der Waals surface area contributed by atoms with Crippen molar-refractivity contribution in [3.63, 3.8) is 0 Å². The molecule has 1 aliphatic rings. The first-order valence-electron chi connectivity index (χ1n) is 12.9. The topological polar surface area (TPSA) is 75.9 Å². The summed E-state index contributed by atoms with van der Waals surface area (Å²) in [6, 6.07) is 4.03. The minimum absolute atomic E-state index is 0.0862. The van der Waals surface area contributed by atoms with E-state index >= 15 is 4.39 Å². The van der Waals surface area contributed by atoms with Gasteiger partial charge in [0.1, 0.15) is 11.5 Å². The molecule has 9 heteroatoms. The van der Waals surface area contributed by atoms with Crippen molar-refractivity contribution in [3.05, 3.63) is 63.6 Å². The number of hydrogen-bond donors (Lipinski definition) is 1. The maximum atomic E-state index is 15.0. The van der Waals surface area contributed by atoms with Crippen LogP contribution in [0.3, 0.4) is 0 Å². The average molecular weight is 521 g/mol. The molecule has 0 atom stereocenters. The largest absolute Gasteiger partial charge is 0.318 e. The van der Waals surface area contributed by atoms with Crippen LogP contribution in [0.15, 0.2) is 35.5 Å². The molecule has 4 aromatic rings. The van der Waals surface area contributed by atoms with E-state index in [9.17, 15) is 4.79 Å². The summed E-state index contributed by atoms with van der Waals surface area (Å²) in [5, 5.41) is 3.75. The Balaban J connectivity index is 1.43. The number of fused-ring (bicyclic) bond motifs is 1. The van der Waals surface area contributed by atoms with Crippen molar-refractivity contribution in [2.75, 3.05) is 25.0 Å². The number of nitrogens with zero attached hydrogens (tertiary/aromatic N) is 5. The van der Waals surface area contributed by atoms with E-state index in [4.69, 9.17) is 0 Å². The fraction of sp³-hybridized carbons (Fsp3) is 0.429. The number of aromatic nitrogens is 4. The summed E-state index contributed by atoms with van der Waals surface area (Å²) in [4.78, 5) is 29.3. The molecule has 1 aliphatic heterocycles. The minimum Gasteiger partial charge on any atom is -0.318 e. The van der Waals surface area contributed by atoms with Gasteiger partial charge in [-0.1, -0.05) is 26.8 Å². The summed E-state index contributed by atoms with van der Waals surface area (Å²) < 4.78 is 17.5. The van der Waals surface area contributed by atoms with E-state index in [2.05, 4.69) is 52.0 Å². The number of pyridine rings is 2. The molecule has 5 rings (SSSR count). The molecule has 1 fully saturated rings. The summed E-state index contributed by atoms with van der Waals surface area (Å²) in [5.41, 5.74) is 3.15. The number of hydrogen-bond acceptors (Lipinski definition) is 7. The highest BCUT2D eigenvalue weighted by atomic mass is 32.1. The molecule has 0 aliphatic carbocycles. The van der Waals surface area contributed by atoms with Crippen LogP contribution in [0.2, 0.25) is 0 Å². The smallest absolute Gasteiger partial charge is 0.259 e. The molecule has 0 saturated carbocycles. The van der Waals surface area contributed by atoms with Crippen molar-refractivity contribution in [2.24, 2.45) is 7.05 Å². The first-order valence-corrected chi connectivity index (χ1v) is 13.7. The zero-order chi connectivity index (χ0) is 26.3. The fourth-order valence-electron chi connectivity index (χ4n) is 5.12. The molecular formula is C28H33FN6OS. The number of thiophene rings is 1. The van der Waals surface area contributed by atoms with Crippen molar-refractivity contribution in [3.8, 4) is 10.6 Å². The summed E-state index contributed by atoms with van der Waals surface area (Å²) in [6.07, 6.45) is 7.25. The lowest BCUT2D eigenvalue weighted by atomic mass is 9.90. The van der Waals surface area contributed by atoms with Crippen molar-refractivity contribution in [2.45, 2.75) is 52.4 Å². The van der Waals surface area contributed by atoms with Crippen LogP contribution in [0.4, 0.5) is 16.2 Å². The Labute approximate surface area is 220 Å². The monoisotopic (exact) mass is 520 g/mol. The lowest BCUT2D eigenvalue weighted by Crippen LogP contribution is -2.32. The molecule has 194 valence electrons.